The third-order valence-electron chi connectivity index (χ3n) is 5.89. The van der Waals surface area contributed by atoms with Gasteiger partial charge in [0.2, 0.25) is 0 Å². The summed E-state index contributed by atoms with van der Waals surface area (Å²) in [6, 6.07) is 10.6. The molecule has 1 saturated heterocycles. The molecule has 4 rings (SSSR count). The van der Waals surface area contributed by atoms with Crippen molar-refractivity contribution in [2.24, 2.45) is 0 Å². The molecule has 0 radical (unpaired) electrons. The summed E-state index contributed by atoms with van der Waals surface area (Å²) in [6.45, 7) is 3.60. The molecule has 1 aliphatic heterocycles. The zero-order valence-electron chi connectivity index (χ0n) is 17.2. The SMILES string of the molecule is O=C(O)Cn1cc([C@H](C(=O)O)N2CCN(CCc3ccncc3)CC2)c2ccccc21. The van der Waals surface area contributed by atoms with Crippen LogP contribution in [0.3, 0.4) is 0 Å². The number of rotatable bonds is 8. The Kier molecular flexibility index (Phi) is 6.29. The maximum atomic E-state index is 12.3. The minimum Gasteiger partial charge on any atom is -0.480 e. The van der Waals surface area contributed by atoms with Gasteiger partial charge in [0.05, 0.1) is 0 Å². The average Bonchev–Trinajstić information content (AvgIpc) is 3.11. The van der Waals surface area contributed by atoms with E-state index in [1.165, 1.54) is 5.56 Å². The highest BCUT2D eigenvalue weighted by Crippen LogP contribution is 2.31. The number of carboxylic acid groups (broad SMARTS) is 2. The molecule has 2 N–H and O–H groups in total. The zero-order chi connectivity index (χ0) is 21.8. The van der Waals surface area contributed by atoms with E-state index in [2.05, 4.69) is 9.88 Å². The Hall–Kier alpha value is -3.23. The number of pyridine rings is 1. The van der Waals surface area contributed by atoms with Crippen molar-refractivity contribution in [2.75, 3.05) is 32.7 Å². The Bertz CT molecular complexity index is 1060. The van der Waals surface area contributed by atoms with Crippen molar-refractivity contribution in [3.8, 4) is 0 Å². The van der Waals surface area contributed by atoms with Gasteiger partial charge in [-0.15, -0.1) is 0 Å². The first-order chi connectivity index (χ1) is 15.0. The molecular weight excluding hydrogens is 396 g/mol. The van der Waals surface area contributed by atoms with Gasteiger partial charge in [0, 0.05) is 67.8 Å². The minimum absolute atomic E-state index is 0.199. The number of fused-ring (bicyclic) bond motifs is 1. The second kappa shape index (κ2) is 9.28. The van der Waals surface area contributed by atoms with Gasteiger partial charge in [0.15, 0.2) is 0 Å². The van der Waals surface area contributed by atoms with Crippen LogP contribution >= 0.6 is 0 Å². The van der Waals surface area contributed by atoms with E-state index in [9.17, 15) is 19.8 Å². The highest BCUT2D eigenvalue weighted by molar-refractivity contribution is 5.90. The van der Waals surface area contributed by atoms with Gasteiger partial charge in [-0.3, -0.25) is 19.5 Å². The van der Waals surface area contributed by atoms with Crippen LogP contribution < -0.4 is 0 Å². The predicted octanol–water partition coefficient (Wildman–Crippen LogP) is 2.11. The molecule has 3 heterocycles. The molecule has 1 atom stereocenters. The number of piperazine rings is 1. The van der Waals surface area contributed by atoms with E-state index < -0.39 is 18.0 Å². The van der Waals surface area contributed by atoms with Crippen molar-refractivity contribution in [1.29, 1.82) is 0 Å². The summed E-state index contributed by atoms with van der Waals surface area (Å²) in [6.07, 6.45) is 6.22. The second-order valence-electron chi connectivity index (χ2n) is 7.85. The van der Waals surface area contributed by atoms with Crippen LogP contribution in [0.25, 0.3) is 10.9 Å². The van der Waals surface area contributed by atoms with Crippen LogP contribution in [0.15, 0.2) is 55.0 Å². The van der Waals surface area contributed by atoms with Crippen LogP contribution in [-0.4, -0.2) is 74.2 Å². The summed E-state index contributed by atoms with van der Waals surface area (Å²) in [4.78, 5) is 31.9. The summed E-state index contributed by atoms with van der Waals surface area (Å²) < 4.78 is 1.62. The van der Waals surface area contributed by atoms with Crippen LogP contribution in [0.2, 0.25) is 0 Å². The lowest BCUT2D eigenvalue weighted by Crippen LogP contribution is -2.49. The Morgan fingerprint density at radius 2 is 1.71 bits per heavy atom. The summed E-state index contributed by atoms with van der Waals surface area (Å²) >= 11 is 0. The smallest absolute Gasteiger partial charge is 0.325 e. The first kappa shape index (κ1) is 21.0. The molecule has 0 spiro atoms. The number of nitrogens with zero attached hydrogens (tertiary/aromatic N) is 4. The monoisotopic (exact) mass is 422 g/mol. The summed E-state index contributed by atoms with van der Waals surface area (Å²) in [5, 5.41) is 20.1. The van der Waals surface area contributed by atoms with Gasteiger partial charge in [0.25, 0.3) is 0 Å². The summed E-state index contributed by atoms with van der Waals surface area (Å²) in [5.41, 5.74) is 2.63. The predicted molar refractivity (Wildman–Crippen MR) is 116 cm³/mol. The normalized spacial score (nSPS) is 16.4. The molecule has 1 aromatic carbocycles. The lowest BCUT2D eigenvalue weighted by molar-refractivity contribution is -0.144. The molecule has 0 unspecified atom stereocenters. The number of benzene rings is 1. The molecule has 0 saturated carbocycles. The van der Waals surface area contributed by atoms with Gasteiger partial charge in [-0.2, -0.15) is 0 Å². The van der Waals surface area contributed by atoms with Crippen molar-refractivity contribution in [1.82, 2.24) is 19.4 Å². The molecule has 8 nitrogen and oxygen atoms in total. The van der Waals surface area contributed by atoms with Crippen molar-refractivity contribution >= 4 is 22.8 Å². The van der Waals surface area contributed by atoms with E-state index in [0.717, 1.165) is 37.0 Å². The van der Waals surface area contributed by atoms with Gasteiger partial charge < -0.3 is 19.7 Å². The Morgan fingerprint density at radius 1 is 1.00 bits per heavy atom. The number of para-hydroxylation sites is 1. The number of carboxylic acids is 2. The zero-order valence-corrected chi connectivity index (χ0v) is 17.2. The second-order valence-corrected chi connectivity index (χ2v) is 7.85. The fourth-order valence-corrected chi connectivity index (χ4v) is 4.34. The lowest BCUT2D eigenvalue weighted by atomic mass is 10.0. The molecule has 31 heavy (non-hydrogen) atoms. The van der Waals surface area contributed by atoms with E-state index in [1.807, 2.05) is 41.3 Å². The molecule has 0 aliphatic carbocycles. The van der Waals surface area contributed by atoms with E-state index in [4.69, 9.17) is 0 Å². The molecular formula is C23H26N4O4. The van der Waals surface area contributed by atoms with Crippen LogP contribution in [0, 0.1) is 0 Å². The molecule has 1 aliphatic rings. The van der Waals surface area contributed by atoms with Gasteiger partial charge in [-0.25, -0.2) is 0 Å². The maximum Gasteiger partial charge on any atom is 0.325 e. The van der Waals surface area contributed by atoms with Crippen molar-refractivity contribution in [2.45, 2.75) is 19.0 Å². The fraction of sp³-hybridized carbons (Fsp3) is 0.348. The quantitative estimate of drug-likeness (QED) is 0.574. The lowest BCUT2D eigenvalue weighted by Gasteiger charge is -2.37. The molecule has 8 heteroatoms. The molecule has 3 aromatic rings. The first-order valence-corrected chi connectivity index (χ1v) is 10.4. The van der Waals surface area contributed by atoms with Crippen LogP contribution in [0.1, 0.15) is 17.2 Å². The van der Waals surface area contributed by atoms with Gasteiger partial charge in [-0.1, -0.05) is 18.2 Å². The third-order valence-corrected chi connectivity index (χ3v) is 5.89. The maximum absolute atomic E-state index is 12.3. The Balaban J connectivity index is 1.49. The number of hydrogen-bond acceptors (Lipinski definition) is 5. The van der Waals surface area contributed by atoms with E-state index >= 15 is 0 Å². The Labute approximate surface area is 180 Å². The topological polar surface area (TPSA) is 98.9 Å². The fourth-order valence-electron chi connectivity index (χ4n) is 4.34. The molecule has 162 valence electrons. The summed E-state index contributed by atoms with van der Waals surface area (Å²) in [5.74, 6) is -1.87. The first-order valence-electron chi connectivity index (χ1n) is 10.4. The Morgan fingerprint density at radius 3 is 2.39 bits per heavy atom. The molecule has 0 amide bonds. The van der Waals surface area contributed by atoms with Crippen molar-refractivity contribution in [3.63, 3.8) is 0 Å². The van der Waals surface area contributed by atoms with Gasteiger partial charge in [-0.05, 0) is 30.2 Å². The van der Waals surface area contributed by atoms with E-state index in [0.29, 0.717) is 18.7 Å². The molecule has 2 aromatic heterocycles. The third kappa shape index (κ3) is 4.76. The van der Waals surface area contributed by atoms with Gasteiger partial charge in [0.1, 0.15) is 12.6 Å². The van der Waals surface area contributed by atoms with E-state index in [-0.39, 0.29) is 6.54 Å². The average molecular weight is 422 g/mol. The van der Waals surface area contributed by atoms with Crippen molar-refractivity contribution < 1.29 is 19.8 Å². The highest BCUT2D eigenvalue weighted by Gasteiger charge is 2.32. The number of aromatic nitrogens is 2. The van der Waals surface area contributed by atoms with Crippen LogP contribution in [0.4, 0.5) is 0 Å². The standard InChI is InChI=1S/C23H26N4O4/c28-21(29)16-27-15-19(18-3-1-2-4-20(18)27)22(23(30)31)26-13-11-25(12-14-26)10-7-17-5-8-24-9-6-17/h1-6,8-9,15,22H,7,10-14,16H2,(H,28,29)(H,30,31)/t22-/m1/s1. The molecule has 0 bridgehead atoms. The minimum atomic E-state index is -0.956. The van der Waals surface area contributed by atoms with Crippen LogP contribution in [0.5, 0.6) is 0 Å². The van der Waals surface area contributed by atoms with Crippen LogP contribution in [-0.2, 0) is 22.6 Å². The highest BCUT2D eigenvalue weighted by atomic mass is 16.4. The number of aliphatic carboxylic acids is 2. The van der Waals surface area contributed by atoms with Gasteiger partial charge >= 0.3 is 11.9 Å². The van der Waals surface area contributed by atoms with E-state index in [1.54, 1.807) is 23.2 Å². The van der Waals surface area contributed by atoms with Crippen molar-refractivity contribution in [3.05, 3.63) is 66.1 Å². The number of hydrogen-bond donors (Lipinski definition) is 2. The number of carbonyl (C=O) groups is 2. The largest absolute Gasteiger partial charge is 0.480 e. The summed E-state index contributed by atoms with van der Waals surface area (Å²) in [7, 11) is 0. The molecule has 1 fully saturated rings.